The monoisotopic (exact) mass is 244 g/mol. The minimum absolute atomic E-state index is 0.408. The summed E-state index contributed by atoms with van der Waals surface area (Å²) in [6.45, 7) is 4.23. The van der Waals surface area contributed by atoms with Gasteiger partial charge in [0.25, 0.3) is 0 Å². The van der Waals surface area contributed by atoms with Crippen molar-refractivity contribution in [3.05, 3.63) is 34.9 Å². The number of carbonyl (C=O) groups excluding carboxylic acids is 1. The van der Waals surface area contributed by atoms with E-state index in [1.165, 1.54) is 42.4 Å². The largest absolute Gasteiger partial charge is 0.299 e. The smallest absolute Gasteiger partial charge is 0.137 e. The standard InChI is InChI=1S/C17H24O/c1-13-7-8-16(11-14(13)2)12-17(18)10-9-15-5-3-4-6-15/h7-8,11,15H,3-6,9-10,12H2,1-2H3. The molecule has 1 fully saturated rings. The van der Waals surface area contributed by atoms with Crippen LogP contribution in [-0.4, -0.2) is 5.78 Å². The number of hydrogen-bond acceptors (Lipinski definition) is 1. The lowest BCUT2D eigenvalue weighted by molar-refractivity contribution is -0.118. The van der Waals surface area contributed by atoms with Gasteiger partial charge >= 0.3 is 0 Å². The lowest BCUT2D eigenvalue weighted by atomic mass is 9.96. The molecule has 2 rings (SSSR count). The summed E-state index contributed by atoms with van der Waals surface area (Å²) in [5.41, 5.74) is 3.77. The second kappa shape index (κ2) is 6.17. The Balaban J connectivity index is 1.80. The van der Waals surface area contributed by atoms with Crippen LogP contribution in [0.25, 0.3) is 0 Å². The Labute approximate surface area is 111 Å². The van der Waals surface area contributed by atoms with Crippen molar-refractivity contribution in [1.82, 2.24) is 0 Å². The van der Waals surface area contributed by atoms with Gasteiger partial charge in [0.05, 0.1) is 0 Å². The summed E-state index contributed by atoms with van der Waals surface area (Å²) in [6, 6.07) is 6.37. The Hall–Kier alpha value is -1.11. The van der Waals surface area contributed by atoms with Crippen LogP contribution in [0, 0.1) is 19.8 Å². The zero-order valence-corrected chi connectivity index (χ0v) is 11.7. The first kappa shape index (κ1) is 13.3. The zero-order chi connectivity index (χ0) is 13.0. The maximum absolute atomic E-state index is 12.0. The predicted molar refractivity (Wildman–Crippen MR) is 75.8 cm³/mol. The number of Topliss-reactive ketones (excluding diaryl/α,β-unsaturated/α-hetero) is 1. The SMILES string of the molecule is Cc1ccc(CC(=O)CCC2CCCC2)cc1C. The lowest BCUT2D eigenvalue weighted by Crippen LogP contribution is -2.05. The van der Waals surface area contributed by atoms with Crippen molar-refractivity contribution in [3.63, 3.8) is 0 Å². The summed E-state index contributed by atoms with van der Waals surface area (Å²) in [7, 11) is 0. The summed E-state index contributed by atoms with van der Waals surface area (Å²) in [6.07, 6.45) is 7.94. The molecular weight excluding hydrogens is 220 g/mol. The van der Waals surface area contributed by atoms with Crippen molar-refractivity contribution in [2.24, 2.45) is 5.92 Å². The molecule has 1 saturated carbocycles. The first-order valence-corrected chi connectivity index (χ1v) is 7.23. The molecule has 1 aromatic rings. The minimum Gasteiger partial charge on any atom is -0.299 e. The summed E-state index contributed by atoms with van der Waals surface area (Å²) >= 11 is 0. The van der Waals surface area contributed by atoms with E-state index in [1.54, 1.807) is 0 Å². The molecule has 1 aliphatic rings. The van der Waals surface area contributed by atoms with Crippen LogP contribution in [0.1, 0.15) is 55.2 Å². The fourth-order valence-corrected chi connectivity index (χ4v) is 2.89. The molecule has 98 valence electrons. The van der Waals surface area contributed by atoms with Crippen molar-refractivity contribution in [1.29, 1.82) is 0 Å². The van der Waals surface area contributed by atoms with E-state index in [2.05, 4.69) is 32.0 Å². The van der Waals surface area contributed by atoms with Crippen LogP contribution in [0.3, 0.4) is 0 Å². The molecule has 1 aliphatic carbocycles. The van der Waals surface area contributed by atoms with Gasteiger partial charge in [0.1, 0.15) is 5.78 Å². The molecule has 0 atom stereocenters. The van der Waals surface area contributed by atoms with Crippen LogP contribution in [0.15, 0.2) is 18.2 Å². The molecular formula is C17H24O. The number of ketones is 1. The predicted octanol–water partition coefficient (Wildman–Crippen LogP) is 4.39. The Bertz CT molecular complexity index is 414. The fourth-order valence-electron chi connectivity index (χ4n) is 2.89. The van der Waals surface area contributed by atoms with Crippen LogP contribution in [-0.2, 0) is 11.2 Å². The van der Waals surface area contributed by atoms with Crippen LogP contribution >= 0.6 is 0 Å². The van der Waals surface area contributed by atoms with Gasteiger partial charge < -0.3 is 0 Å². The summed E-state index contributed by atoms with van der Waals surface area (Å²) < 4.78 is 0. The molecule has 0 N–H and O–H groups in total. The Kier molecular flexibility index (Phi) is 4.57. The zero-order valence-electron chi connectivity index (χ0n) is 11.7. The number of benzene rings is 1. The molecule has 0 aliphatic heterocycles. The molecule has 0 unspecified atom stereocenters. The van der Waals surface area contributed by atoms with Crippen molar-refractivity contribution >= 4 is 5.78 Å². The highest BCUT2D eigenvalue weighted by Crippen LogP contribution is 2.28. The first-order valence-electron chi connectivity index (χ1n) is 7.23. The van der Waals surface area contributed by atoms with E-state index in [0.717, 1.165) is 18.8 Å². The minimum atomic E-state index is 0.408. The molecule has 0 spiro atoms. The van der Waals surface area contributed by atoms with E-state index >= 15 is 0 Å². The average molecular weight is 244 g/mol. The highest BCUT2D eigenvalue weighted by Gasteiger charge is 2.16. The topological polar surface area (TPSA) is 17.1 Å². The molecule has 1 aromatic carbocycles. The van der Waals surface area contributed by atoms with Crippen molar-refractivity contribution < 1.29 is 4.79 Å². The molecule has 0 radical (unpaired) electrons. The Morgan fingerprint density at radius 2 is 1.89 bits per heavy atom. The maximum Gasteiger partial charge on any atom is 0.137 e. The van der Waals surface area contributed by atoms with E-state index in [4.69, 9.17) is 0 Å². The molecule has 1 heteroatoms. The molecule has 1 nitrogen and oxygen atoms in total. The maximum atomic E-state index is 12.0. The quantitative estimate of drug-likeness (QED) is 0.751. The van der Waals surface area contributed by atoms with Crippen LogP contribution in [0.4, 0.5) is 0 Å². The number of carbonyl (C=O) groups is 1. The van der Waals surface area contributed by atoms with Gasteiger partial charge in [-0.3, -0.25) is 4.79 Å². The van der Waals surface area contributed by atoms with Gasteiger partial charge in [-0.2, -0.15) is 0 Å². The second-order valence-electron chi connectivity index (χ2n) is 5.82. The number of rotatable bonds is 5. The van der Waals surface area contributed by atoms with E-state index in [-0.39, 0.29) is 0 Å². The molecule has 0 saturated heterocycles. The third-order valence-electron chi connectivity index (χ3n) is 4.28. The van der Waals surface area contributed by atoms with Gasteiger partial charge in [0.2, 0.25) is 0 Å². The molecule has 18 heavy (non-hydrogen) atoms. The summed E-state index contributed by atoms with van der Waals surface area (Å²) in [5, 5.41) is 0. The van der Waals surface area contributed by atoms with E-state index in [1.807, 2.05) is 0 Å². The highest BCUT2D eigenvalue weighted by atomic mass is 16.1. The molecule has 0 bridgehead atoms. The van der Waals surface area contributed by atoms with Gasteiger partial charge in [-0.15, -0.1) is 0 Å². The fraction of sp³-hybridized carbons (Fsp3) is 0.588. The van der Waals surface area contributed by atoms with Gasteiger partial charge in [-0.1, -0.05) is 43.9 Å². The average Bonchev–Trinajstić information content (AvgIpc) is 2.84. The first-order chi connectivity index (χ1) is 8.65. The van der Waals surface area contributed by atoms with Crippen molar-refractivity contribution in [3.8, 4) is 0 Å². The van der Waals surface area contributed by atoms with Gasteiger partial charge in [-0.25, -0.2) is 0 Å². The van der Waals surface area contributed by atoms with Crippen LogP contribution in [0.5, 0.6) is 0 Å². The van der Waals surface area contributed by atoms with Crippen LogP contribution < -0.4 is 0 Å². The normalized spacial score (nSPS) is 16.1. The molecule has 0 amide bonds. The molecule has 0 aromatic heterocycles. The van der Waals surface area contributed by atoms with E-state index < -0.39 is 0 Å². The van der Waals surface area contributed by atoms with Gasteiger partial charge in [0.15, 0.2) is 0 Å². The summed E-state index contributed by atoms with van der Waals surface area (Å²) in [5.74, 6) is 1.24. The summed E-state index contributed by atoms with van der Waals surface area (Å²) in [4.78, 5) is 12.0. The van der Waals surface area contributed by atoms with Crippen molar-refractivity contribution in [2.75, 3.05) is 0 Å². The van der Waals surface area contributed by atoms with Gasteiger partial charge in [0, 0.05) is 12.8 Å². The lowest BCUT2D eigenvalue weighted by Gasteiger charge is -2.08. The third kappa shape index (κ3) is 3.69. The Morgan fingerprint density at radius 1 is 1.17 bits per heavy atom. The second-order valence-corrected chi connectivity index (χ2v) is 5.82. The number of hydrogen-bond donors (Lipinski definition) is 0. The highest BCUT2D eigenvalue weighted by molar-refractivity contribution is 5.80. The van der Waals surface area contributed by atoms with E-state index in [0.29, 0.717) is 12.2 Å². The van der Waals surface area contributed by atoms with Crippen molar-refractivity contribution in [2.45, 2.75) is 58.8 Å². The number of aryl methyl sites for hydroxylation is 2. The van der Waals surface area contributed by atoms with Gasteiger partial charge in [-0.05, 0) is 42.9 Å². The van der Waals surface area contributed by atoms with E-state index in [9.17, 15) is 4.79 Å². The Morgan fingerprint density at radius 3 is 2.56 bits per heavy atom. The molecule has 0 heterocycles. The van der Waals surface area contributed by atoms with Crippen LogP contribution in [0.2, 0.25) is 0 Å². The third-order valence-corrected chi connectivity index (χ3v) is 4.28.